The zero-order chi connectivity index (χ0) is 14.9. The quantitative estimate of drug-likeness (QED) is 0.870. The van der Waals surface area contributed by atoms with E-state index in [9.17, 15) is 0 Å². The van der Waals surface area contributed by atoms with E-state index in [0.29, 0.717) is 12.0 Å². The molecule has 4 nitrogen and oxygen atoms in total. The molecule has 4 heteroatoms. The van der Waals surface area contributed by atoms with E-state index < -0.39 is 0 Å². The molecular formula is C18H24N4. The first kappa shape index (κ1) is 13.9. The average molecular weight is 296 g/mol. The molecule has 4 rings (SSSR count). The van der Waals surface area contributed by atoms with E-state index in [0.717, 1.165) is 25.2 Å². The molecular weight excluding hydrogens is 272 g/mol. The Morgan fingerprint density at radius 1 is 1.14 bits per heavy atom. The Bertz CT molecular complexity index is 617. The maximum absolute atomic E-state index is 4.59. The van der Waals surface area contributed by atoms with Gasteiger partial charge in [0.2, 0.25) is 0 Å². The van der Waals surface area contributed by atoms with Crippen LogP contribution in [0.1, 0.15) is 48.7 Å². The molecule has 0 bridgehead atoms. The largest absolute Gasteiger partial charge is 0.303 e. The minimum Gasteiger partial charge on any atom is -0.303 e. The van der Waals surface area contributed by atoms with Gasteiger partial charge in [-0.25, -0.2) is 9.67 Å². The monoisotopic (exact) mass is 296 g/mol. The highest BCUT2D eigenvalue weighted by Gasteiger charge is 2.27. The molecule has 0 spiro atoms. The van der Waals surface area contributed by atoms with Crippen LogP contribution in [0.2, 0.25) is 0 Å². The second-order valence-corrected chi connectivity index (χ2v) is 6.80. The Balaban J connectivity index is 1.51. The van der Waals surface area contributed by atoms with Crippen molar-refractivity contribution in [3.63, 3.8) is 0 Å². The lowest BCUT2D eigenvalue weighted by Gasteiger charge is -2.22. The first-order valence-electron chi connectivity index (χ1n) is 8.50. The predicted molar refractivity (Wildman–Crippen MR) is 87.0 cm³/mol. The molecule has 0 saturated carbocycles. The lowest BCUT2D eigenvalue weighted by Crippen LogP contribution is -2.27. The van der Waals surface area contributed by atoms with Crippen LogP contribution in [0.25, 0.3) is 0 Å². The van der Waals surface area contributed by atoms with Crippen molar-refractivity contribution in [1.29, 1.82) is 0 Å². The van der Waals surface area contributed by atoms with Crippen LogP contribution in [0, 0.1) is 0 Å². The third-order valence-corrected chi connectivity index (χ3v) is 5.15. The highest BCUT2D eigenvalue weighted by atomic mass is 15.4. The van der Waals surface area contributed by atoms with Gasteiger partial charge in [-0.2, -0.15) is 5.10 Å². The fourth-order valence-corrected chi connectivity index (χ4v) is 4.04. The molecule has 1 atom stereocenters. The lowest BCUT2D eigenvalue weighted by molar-refractivity contribution is 0.307. The first-order valence-corrected chi connectivity index (χ1v) is 8.50. The van der Waals surface area contributed by atoms with Gasteiger partial charge in [0, 0.05) is 12.5 Å². The van der Waals surface area contributed by atoms with E-state index in [-0.39, 0.29) is 0 Å². The molecule has 1 aliphatic heterocycles. The van der Waals surface area contributed by atoms with Crippen LogP contribution in [0.3, 0.4) is 0 Å². The molecule has 116 valence electrons. The van der Waals surface area contributed by atoms with Gasteiger partial charge in [-0.1, -0.05) is 31.2 Å². The molecule has 2 aromatic rings. The van der Waals surface area contributed by atoms with Gasteiger partial charge in [0.1, 0.15) is 12.2 Å². The van der Waals surface area contributed by atoms with Gasteiger partial charge in [0.05, 0.1) is 6.04 Å². The molecule has 1 saturated heterocycles. The van der Waals surface area contributed by atoms with Crippen LogP contribution in [0.4, 0.5) is 0 Å². The molecule has 2 aliphatic rings. The third-order valence-electron chi connectivity index (χ3n) is 5.15. The molecule has 1 unspecified atom stereocenters. The fourth-order valence-electron chi connectivity index (χ4n) is 4.04. The second-order valence-electron chi connectivity index (χ2n) is 6.80. The number of nitrogens with zero attached hydrogens (tertiary/aromatic N) is 4. The molecule has 1 aliphatic carbocycles. The minimum atomic E-state index is 0.441. The summed E-state index contributed by atoms with van der Waals surface area (Å²) in [4.78, 5) is 7.15. The van der Waals surface area contributed by atoms with Gasteiger partial charge in [-0.3, -0.25) is 0 Å². The maximum atomic E-state index is 4.59. The molecule has 1 aromatic heterocycles. The summed E-state index contributed by atoms with van der Waals surface area (Å²) in [7, 11) is 0. The van der Waals surface area contributed by atoms with Crippen molar-refractivity contribution in [3.05, 3.63) is 47.5 Å². The van der Waals surface area contributed by atoms with Gasteiger partial charge in [0.25, 0.3) is 0 Å². The van der Waals surface area contributed by atoms with Crippen LogP contribution in [-0.2, 0) is 12.8 Å². The van der Waals surface area contributed by atoms with E-state index in [1.165, 1.54) is 37.1 Å². The summed E-state index contributed by atoms with van der Waals surface area (Å²) < 4.78 is 2.20. The van der Waals surface area contributed by atoms with E-state index in [1.807, 2.05) is 0 Å². The highest BCUT2D eigenvalue weighted by Crippen LogP contribution is 2.31. The van der Waals surface area contributed by atoms with Crippen LogP contribution < -0.4 is 0 Å². The van der Waals surface area contributed by atoms with Crippen LogP contribution in [0.15, 0.2) is 30.6 Å². The van der Waals surface area contributed by atoms with Crippen molar-refractivity contribution in [2.75, 3.05) is 19.6 Å². The number of likely N-dealkylation sites (tertiary alicyclic amines) is 1. The number of aromatic nitrogens is 3. The van der Waals surface area contributed by atoms with E-state index in [2.05, 4.69) is 50.9 Å². The maximum Gasteiger partial charge on any atom is 0.138 e. The minimum absolute atomic E-state index is 0.441. The van der Waals surface area contributed by atoms with E-state index in [4.69, 9.17) is 0 Å². The predicted octanol–water partition coefficient (Wildman–Crippen LogP) is 2.82. The lowest BCUT2D eigenvalue weighted by atomic mass is 10.1. The number of hydrogen-bond acceptors (Lipinski definition) is 3. The first-order chi connectivity index (χ1) is 10.8. The smallest absolute Gasteiger partial charge is 0.138 e. The Hall–Kier alpha value is -1.68. The standard InChI is InChI=1S/C18H24N4/c1-14(12-21-8-4-5-9-21)18-19-13-20-22(18)17-10-15-6-2-3-7-16(15)11-17/h2-3,6-7,13-14,17H,4-5,8-12H2,1H3. The summed E-state index contributed by atoms with van der Waals surface area (Å²) in [5, 5.41) is 4.56. The Morgan fingerprint density at radius 2 is 1.82 bits per heavy atom. The topological polar surface area (TPSA) is 34.0 Å². The molecule has 0 amide bonds. The molecule has 0 radical (unpaired) electrons. The molecule has 0 N–H and O–H groups in total. The van der Waals surface area contributed by atoms with Gasteiger partial charge in [-0.05, 0) is 49.9 Å². The molecule has 1 aromatic carbocycles. The van der Waals surface area contributed by atoms with Crippen molar-refractivity contribution in [2.24, 2.45) is 0 Å². The highest BCUT2D eigenvalue weighted by molar-refractivity contribution is 5.32. The van der Waals surface area contributed by atoms with Crippen molar-refractivity contribution in [2.45, 2.75) is 44.6 Å². The SMILES string of the molecule is CC(CN1CCCC1)c1ncnn1C1Cc2ccccc2C1. The van der Waals surface area contributed by atoms with E-state index >= 15 is 0 Å². The van der Waals surface area contributed by atoms with Crippen molar-refractivity contribution < 1.29 is 0 Å². The Kier molecular flexibility index (Phi) is 3.70. The summed E-state index contributed by atoms with van der Waals surface area (Å²) in [6, 6.07) is 9.22. The Morgan fingerprint density at radius 3 is 2.50 bits per heavy atom. The zero-order valence-corrected chi connectivity index (χ0v) is 13.3. The summed E-state index contributed by atoms with van der Waals surface area (Å²) in [5.74, 6) is 1.61. The zero-order valence-electron chi connectivity index (χ0n) is 13.3. The molecule has 22 heavy (non-hydrogen) atoms. The summed E-state index contributed by atoms with van der Waals surface area (Å²) in [6.45, 7) is 5.89. The van der Waals surface area contributed by atoms with E-state index in [1.54, 1.807) is 6.33 Å². The van der Waals surface area contributed by atoms with Crippen molar-refractivity contribution in [1.82, 2.24) is 19.7 Å². The van der Waals surface area contributed by atoms with Gasteiger partial charge < -0.3 is 4.90 Å². The summed E-state index contributed by atoms with van der Waals surface area (Å²) in [5.41, 5.74) is 2.95. The second kappa shape index (κ2) is 5.84. The van der Waals surface area contributed by atoms with Crippen molar-refractivity contribution in [3.8, 4) is 0 Å². The number of rotatable bonds is 4. The number of hydrogen-bond donors (Lipinski definition) is 0. The van der Waals surface area contributed by atoms with Crippen molar-refractivity contribution >= 4 is 0 Å². The Labute approximate surface area is 132 Å². The van der Waals surface area contributed by atoms with Crippen LogP contribution in [0.5, 0.6) is 0 Å². The number of benzene rings is 1. The number of fused-ring (bicyclic) bond motifs is 1. The summed E-state index contributed by atoms with van der Waals surface area (Å²) in [6.07, 6.45) is 6.60. The normalized spacial score (nSPS) is 20.4. The van der Waals surface area contributed by atoms with Gasteiger partial charge in [-0.15, -0.1) is 0 Å². The summed E-state index contributed by atoms with van der Waals surface area (Å²) >= 11 is 0. The van der Waals surface area contributed by atoms with Crippen LogP contribution in [-0.4, -0.2) is 39.3 Å². The molecule has 2 heterocycles. The third kappa shape index (κ3) is 2.56. The average Bonchev–Trinajstić information content (AvgIpc) is 3.26. The molecule has 1 fully saturated rings. The van der Waals surface area contributed by atoms with Gasteiger partial charge in [0.15, 0.2) is 0 Å². The fraction of sp³-hybridized carbons (Fsp3) is 0.556. The van der Waals surface area contributed by atoms with Crippen LogP contribution >= 0.6 is 0 Å². The van der Waals surface area contributed by atoms with Gasteiger partial charge >= 0.3 is 0 Å².